The van der Waals surface area contributed by atoms with Gasteiger partial charge in [0.05, 0.1) is 7.11 Å². The largest absolute Gasteiger partial charge is 0.497 e. The van der Waals surface area contributed by atoms with Crippen molar-refractivity contribution < 1.29 is 4.74 Å². The highest BCUT2D eigenvalue weighted by atomic mass is 35.5. The first-order valence-corrected chi connectivity index (χ1v) is 9.68. The van der Waals surface area contributed by atoms with Crippen LogP contribution in [0.15, 0.2) is 103 Å². The summed E-state index contributed by atoms with van der Waals surface area (Å²) in [5.41, 5.74) is 5.91. The third-order valence-corrected chi connectivity index (χ3v) is 5.37. The van der Waals surface area contributed by atoms with Crippen molar-refractivity contribution in [1.29, 1.82) is 0 Å². The van der Waals surface area contributed by atoms with Gasteiger partial charge in [-0.25, -0.2) is 0 Å². The molecule has 1 unspecified atom stereocenters. The normalized spacial score (nSPS) is 11.8. The van der Waals surface area contributed by atoms with E-state index in [0.29, 0.717) is 0 Å². The zero-order valence-corrected chi connectivity index (χ0v) is 16.4. The van der Waals surface area contributed by atoms with Gasteiger partial charge in [0.25, 0.3) is 0 Å². The van der Waals surface area contributed by atoms with E-state index in [1.807, 2.05) is 36.4 Å². The summed E-state index contributed by atoms with van der Waals surface area (Å²) in [6.07, 6.45) is 0. The number of ether oxygens (including phenoxy) is 1. The summed E-state index contributed by atoms with van der Waals surface area (Å²) < 4.78 is 5.32. The predicted molar refractivity (Wildman–Crippen MR) is 117 cm³/mol. The SMILES string of the molecule is COc1ccc(-c2ccccc2C(c2ccccc2)c2ccccc2Cl)cc1. The molecule has 2 heteroatoms. The first kappa shape index (κ1) is 18.3. The van der Waals surface area contributed by atoms with E-state index in [9.17, 15) is 0 Å². The minimum atomic E-state index is 0.0493. The van der Waals surface area contributed by atoms with E-state index in [-0.39, 0.29) is 5.92 Å². The second kappa shape index (κ2) is 8.33. The van der Waals surface area contributed by atoms with E-state index in [0.717, 1.165) is 21.9 Å². The van der Waals surface area contributed by atoms with E-state index in [1.165, 1.54) is 16.7 Å². The highest BCUT2D eigenvalue weighted by Gasteiger charge is 2.22. The van der Waals surface area contributed by atoms with Crippen LogP contribution in [0.4, 0.5) is 0 Å². The van der Waals surface area contributed by atoms with Crippen LogP contribution in [0.1, 0.15) is 22.6 Å². The van der Waals surface area contributed by atoms with E-state index in [4.69, 9.17) is 16.3 Å². The van der Waals surface area contributed by atoms with Crippen molar-refractivity contribution in [3.63, 3.8) is 0 Å². The van der Waals surface area contributed by atoms with E-state index in [1.54, 1.807) is 7.11 Å². The molecule has 0 fully saturated rings. The molecule has 0 aliphatic heterocycles. The van der Waals surface area contributed by atoms with Crippen LogP contribution in [0.3, 0.4) is 0 Å². The summed E-state index contributed by atoms with van der Waals surface area (Å²) in [6, 6.07) is 35.4. The van der Waals surface area contributed by atoms with Gasteiger partial charge in [-0.3, -0.25) is 0 Å². The van der Waals surface area contributed by atoms with Crippen molar-refractivity contribution in [1.82, 2.24) is 0 Å². The van der Waals surface area contributed by atoms with Crippen LogP contribution in [0.5, 0.6) is 5.75 Å². The maximum Gasteiger partial charge on any atom is 0.118 e. The van der Waals surface area contributed by atoms with Gasteiger partial charge in [0.1, 0.15) is 5.75 Å². The standard InChI is InChI=1S/C26H21ClO/c1-28-21-17-15-19(16-18-21)22-11-5-6-12-23(22)26(20-9-3-2-4-10-20)24-13-7-8-14-25(24)27/h2-18,26H,1H3. The summed E-state index contributed by atoms with van der Waals surface area (Å²) in [4.78, 5) is 0. The summed E-state index contributed by atoms with van der Waals surface area (Å²) in [5, 5.41) is 0.779. The minimum Gasteiger partial charge on any atom is -0.497 e. The Morgan fingerprint density at radius 3 is 1.93 bits per heavy atom. The summed E-state index contributed by atoms with van der Waals surface area (Å²) >= 11 is 6.64. The predicted octanol–water partition coefficient (Wildman–Crippen LogP) is 7.20. The monoisotopic (exact) mass is 384 g/mol. The van der Waals surface area contributed by atoms with Gasteiger partial charge >= 0.3 is 0 Å². The fourth-order valence-corrected chi connectivity index (χ4v) is 3.91. The van der Waals surface area contributed by atoms with Gasteiger partial charge in [0.15, 0.2) is 0 Å². The molecular formula is C26H21ClO. The highest BCUT2D eigenvalue weighted by molar-refractivity contribution is 6.31. The lowest BCUT2D eigenvalue weighted by Crippen LogP contribution is -2.06. The molecule has 0 radical (unpaired) electrons. The zero-order valence-electron chi connectivity index (χ0n) is 15.7. The molecule has 1 atom stereocenters. The second-order valence-corrected chi connectivity index (χ2v) is 7.09. The summed E-state index contributed by atoms with van der Waals surface area (Å²) in [7, 11) is 1.69. The maximum atomic E-state index is 6.64. The Labute approximate surface area is 171 Å². The highest BCUT2D eigenvalue weighted by Crippen LogP contribution is 2.40. The lowest BCUT2D eigenvalue weighted by molar-refractivity contribution is 0.415. The molecule has 138 valence electrons. The average molecular weight is 385 g/mol. The molecule has 28 heavy (non-hydrogen) atoms. The van der Waals surface area contributed by atoms with Crippen LogP contribution in [-0.4, -0.2) is 7.11 Å². The molecule has 0 aliphatic carbocycles. The maximum absolute atomic E-state index is 6.64. The molecule has 0 saturated carbocycles. The average Bonchev–Trinajstić information content (AvgIpc) is 2.76. The molecular weight excluding hydrogens is 364 g/mol. The van der Waals surface area contributed by atoms with Gasteiger partial charge in [-0.2, -0.15) is 0 Å². The van der Waals surface area contributed by atoms with E-state index in [2.05, 4.69) is 66.7 Å². The van der Waals surface area contributed by atoms with Gasteiger partial charge in [0.2, 0.25) is 0 Å². The number of benzene rings is 4. The van der Waals surface area contributed by atoms with E-state index < -0.39 is 0 Å². The van der Waals surface area contributed by atoms with Gasteiger partial charge in [-0.15, -0.1) is 0 Å². The number of hydrogen-bond acceptors (Lipinski definition) is 1. The first-order valence-electron chi connectivity index (χ1n) is 9.30. The molecule has 4 rings (SSSR count). The molecule has 0 N–H and O–H groups in total. The minimum absolute atomic E-state index is 0.0493. The van der Waals surface area contributed by atoms with Crippen molar-refractivity contribution >= 4 is 11.6 Å². The first-order chi connectivity index (χ1) is 13.8. The number of hydrogen-bond donors (Lipinski definition) is 0. The van der Waals surface area contributed by atoms with Gasteiger partial charge < -0.3 is 4.74 Å². The van der Waals surface area contributed by atoms with Crippen molar-refractivity contribution in [3.8, 4) is 16.9 Å². The topological polar surface area (TPSA) is 9.23 Å². The van der Waals surface area contributed by atoms with Crippen molar-refractivity contribution in [3.05, 3.63) is 125 Å². The van der Waals surface area contributed by atoms with Crippen molar-refractivity contribution in [2.24, 2.45) is 0 Å². The van der Waals surface area contributed by atoms with Crippen LogP contribution >= 0.6 is 11.6 Å². The van der Waals surface area contributed by atoms with Crippen LogP contribution in [-0.2, 0) is 0 Å². The lowest BCUT2D eigenvalue weighted by Gasteiger charge is -2.23. The number of methoxy groups -OCH3 is 1. The zero-order chi connectivity index (χ0) is 19.3. The number of rotatable bonds is 5. The van der Waals surface area contributed by atoms with Gasteiger partial charge in [-0.05, 0) is 46.0 Å². The molecule has 1 nitrogen and oxygen atoms in total. The molecule has 4 aromatic rings. The van der Waals surface area contributed by atoms with Crippen LogP contribution in [0, 0.1) is 0 Å². The smallest absolute Gasteiger partial charge is 0.118 e. The molecule has 0 bridgehead atoms. The van der Waals surface area contributed by atoms with Gasteiger partial charge in [0, 0.05) is 10.9 Å². The number of halogens is 1. The Balaban J connectivity index is 1.91. The summed E-state index contributed by atoms with van der Waals surface area (Å²) in [5.74, 6) is 0.903. The second-order valence-electron chi connectivity index (χ2n) is 6.68. The van der Waals surface area contributed by atoms with Crippen LogP contribution < -0.4 is 4.74 Å². The van der Waals surface area contributed by atoms with E-state index >= 15 is 0 Å². The fraction of sp³-hybridized carbons (Fsp3) is 0.0769. The molecule has 0 heterocycles. The fourth-order valence-electron chi connectivity index (χ4n) is 3.66. The molecule has 0 aliphatic rings. The van der Waals surface area contributed by atoms with Crippen LogP contribution in [0.2, 0.25) is 5.02 Å². The Hall–Kier alpha value is -3.03. The molecule has 0 saturated heterocycles. The Morgan fingerprint density at radius 1 is 0.643 bits per heavy atom. The molecule has 4 aromatic carbocycles. The molecule has 0 amide bonds. The van der Waals surface area contributed by atoms with Crippen LogP contribution in [0.25, 0.3) is 11.1 Å². The Morgan fingerprint density at radius 2 is 1.25 bits per heavy atom. The molecule has 0 spiro atoms. The lowest BCUT2D eigenvalue weighted by atomic mass is 9.81. The van der Waals surface area contributed by atoms with Crippen molar-refractivity contribution in [2.75, 3.05) is 7.11 Å². The molecule has 0 aromatic heterocycles. The third-order valence-electron chi connectivity index (χ3n) is 5.02. The van der Waals surface area contributed by atoms with Gasteiger partial charge in [-0.1, -0.05) is 96.5 Å². The van der Waals surface area contributed by atoms with Crippen molar-refractivity contribution in [2.45, 2.75) is 5.92 Å². The Bertz CT molecular complexity index is 1060. The third kappa shape index (κ3) is 3.67. The summed E-state index contributed by atoms with van der Waals surface area (Å²) in [6.45, 7) is 0. The quantitative estimate of drug-likeness (QED) is 0.331. The Kier molecular flexibility index (Phi) is 5.45.